The molecule has 108 valence electrons. The van der Waals surface area contributed by atoms with Gasteiger partial charge in [0.2, 0.25) is 5.91 Å². The van der Waals surface area contributed by atoms with Crippen molar-refractivity contribution < 1.29 is 4.79 Å². The lowest BCUT2D eigenvalue weighted by atomic mass is 10.2. The van der Waals surface area contributed by atoms with Crippen LogP contribution in [0.15, 0.2) is 18.2 Å². The minimum atomic E-state index is -0.115. The number of hydrogen-bond donors (Lipinski definition) is 2. The summed E-state index contributed by atoms with van der Waals surface area (Å²) in [5.74, 6) is -0.162. The van der Waals surface area contributed by atoms with E-state index in [1.807, 2.05) is 18.9 Å². The maximum Gasteiger partial charge on any atom is 0.225 e. The molecule has 1 atom stereocenters. The number of hydrogen-bond acceptors (Lipinski definition) is 4. The molecule has 0 radical (unpaired) electrons. The number of benzene rings is 1. The summed E-state index contributed by atoms with van der Waals surface area (Å²) >= 11 is 5.79. The molecule has 6 heteroatoms. The molecule has 0 aliphatic carbocycles. The molecular formula is C14H19ClN4O. The van der Waals surface area contributed by atoms with E-state index in [0.29, 0.717) is 35.9 Å². The van der Waals surface area contributed by atoms with Crippen LogP contribution in [-0.4, -0.2) is 30.9 Å². The first-order valence-corrected chi connectivity index (χ1v) is 6.73. The third-order valence-electron chi connectivity index (χ3n) is 2.81. The topological polar surface area (TPSA) is 82.2 Å². The first kappa shape index (κ1) is 16.3. The summed E-state index contributed by atoms with van der Waals surface area (Å²) in [7, 11) is 1.89. The molecule has 3 N–H and O–H groups in total. The molecular weight excluding hydrogens is 276 g/mol. The average molecular weight is 295 g/mol. The molecule has 0 heterocycles. The van der Waals surface area contributed by atoms with Crippen LogP contribution in [-0.2, 0) is 4.79 Å². The average Bonchev–Trinajstić information content (AvgIpc) is 2.39. The fourth-order valence-corrected chi connectivity index (χ4v) is 1.93. The van der Waals surface area contributed by atoms with Crippen molar-refractivity contribution in [3.8, 4) is 6.07 Å². The minimum absolute atomic E-state index is 0.0463. The summed E-state index contributed by atoms with van der Waals surface area (Å²) in [6.45, 7) is 3.09. The van der Waals surface area contributed by atoms with E-state index in [9.17, 15) is 4.79 Å². The third kappa shape index (κ3) is 5.47. The number of rotatable bonds is 6. The van der Waals surface area contributed by atoms with Gasteiger partial charge in [-0.15, -0.1) is 0 Å². The van der Waals surface area contributed by atoms with Crippen LogP contribution in [0.4, 0.5) is 11.4 Å². The van der Waals surface area contributed by atoms with Crippen molar-refractivity contribution in [1.82, 2.24) is 4.90 Å². The summed E-state index contributed by atoms with van der Waals surface area (Å²) in [5.41, 5.74) is 6.77. The zero-order valence-corrected chi connectivity index (χ0v) is 12.4. The number of carbonyl (C=O) groups is 1. The first-order valence-electron chi connectivity index (χ1n) is 6.35. The minimum Gasteiger partial charge on any atom is -0.397 e. The second-order valence-corrected chi connectivity index (χ2v) is 5.26. The van der Waals surface area contributed by atoms with Gasteiger partial charge >= 0.3 is 0 Å². The van der Waals surface area contributed by atoms with Gasteiger partial charge in [0.05, 0.1) is 23.4 Å². The maximum atomic E-state index is 11.8. The molecule has 20 heavy (non-hydrogen) atoms. The van der Waals surface area contributed by atoms with Gasteiger partial charge in [-0.25, -0.2) is 0 Å². The van der Waals surface area contributed by atoms with E-state index in [1.165, 1.54) is 0 Å². The summed E-state index contributed by atoms with van der Waals surface area (Å²) in [6, 6.07) is 7.11. The number of halogens is 1. The lowest BCUT2D eigenvalue weighted by Gasteiger charge is -2.17. The highest BCUT2D eigenvalue weighted by molar-refractivity contribution is 6.31. The number of carbonyl (C=O) groups excluding carboxylic acids is 1. The van der Waals surface area contributed by atoms with E-state index in [0.717, 1.165) is 0 Å². The van der Waals surface area contributed by atoms with E-state index < -0.39 is 0 Å². The smallest absolute Gasteiger partial charge is 0.225 e. The van der Waals surface area contributed by atoms with Crippen LogP contribution in [0.5, 0.6) is 0 Å². The van der Waals surface area contributed by atoms with Crippen LogP contribution in [0.3, 0.4) is 0 Å². The van der Waals surface area contributed by atoms with Crippen molar-refractivity contribution in [3.63, 3.8) is 0 Å². The Balaban J connectivity index is 2.42. The highest BCUT2D eigenvalue weighted by Gasteiger charge is 2.09. The van der Waals surface area contributed by atoms with Crippen molar-refractivity contribution in [2.75, 3.05) is 31.2 Å². The molecule has 1 amide bonds. The molecule has 0 aromatic heterocycles. The quantitative estimate of drug-likeness (QED) is 0.789. The summed E-state index contributed by atoms with van der Waals surface area (Å²) in [6.07, 6.45) is 0.344. The molecule has 0 spiro atoms. The maximum absolute atomic E-state index is 11.8. The second-order valence-electron chi connectivity index (χ2n) is 4.82. The predicted octanol–water partition coefficient (Wildman–Crippen LogP) is 2.34. The van der Waals surface area contributed by atoms with Crippen LogP contribution in [0, 0.1) is 17.2 Å². The Morgan fingerprint density at radius 2 is 2.30 bits per heavy atom. The highest BCUT2D eigenvalue weighted by Crippen LogP contribution is 2.22. The standard InChI is InChI=1S/C14H19ClN4O/c1-10(8-16)9-19(2)6-5-14(20)18-13-4-3-11(15)7-12(13)17/h3-4,7,10H,5-6,9,17H2,1-2H3,(H,18,20). The molecule has 0 saturated carbocycles. The summed E-state index contributed by atoms with van der Waals surface area (Å²) in [5, 5.41) is 12.0. The summed E-state index contributed by atoms with van der Waals surface area (Å²) in [4.78, 5) is 13.8. The van der Waals surface area contributed by atoms with Gasteiger partial charge < -0.3 is 16.0 Å². The molecule has 0 aliphatic heterocycles. The Bertz CT molecular complexity index is 512. The van der Waals surface area contributed by atoms with Crippen LogP contribution < -0.4 is 11.1 Å². The van der Waals surface area contributed by atoms with Crippen molar-refractivity contribution in [1.29, 1.82) is 5.26 Å². The van der Waals surface area contributed by atoms with E-state index in [-0.39, 0.29) is 11.8 Å². The fourth-order valence-electron chi connectivity index (χ4n) is 1.75. The Kier molecular flexibility index (Phi) is 6.29. The number of nitriles is 1. The van der Waals surface area contributed by atoms with Gasteiger partial charge in [0.1, 0.15) is 0 Å². The van der Waals surface area contributed by atoms with E-state index in [4.69, 9.17) is 22.6 Å². The lowest BCUT2D eigenvalue weighted by Crippen LogP contribution is -2.28. The van der Waals surface area contributed by atoms with Gasteiger partial charge in [-0.3, -0.25) is 4.79 Å². The molecule has 1 aromatic carbocycles. The van der Waals surface area contributed by atoms with Crippen molar-refractivity contribution in [2.24, 2.45) is 5.92 Å². The Hall–Kier alpha value is -1.77. The lowest BCUT2D eigenvalue weighted by molar-refractivity contribution is -0.116. The molecule has 0 saturated heterocycles. The predicted molar refractivity (Wildman–Crippen MR) is 81.4 cm³/mol. The Morgan fingerprint density at radius 1 is 1.60 bits per heavy atom. The van der Waals surface area contributed by atoms with E-state index in [2.05, 4.69) is 11.4 Å². The molecule has 5 nitrogen and oxygen atoms in total. The zero-order chi connectivity index (χ0) is 15.1. The molecule has 1 rings (SSSR count). The SMILES string of the molecule is CC(C#N)CN(C)CCC(=O)Nc1ccc(Cl)cc1N. The van der Waals surface area contributed by atoms with Gasteiger partial charge in [-0.2, -0.15) is 5.26 Å². The number of nitrogen functional groups attached to an aromatic ring is 1. The number of amides is 1. The van der Waals surface area contributed by atoms with Crippen LogP contribution in [0.25, 0.3) is 0 Å². The van der Waals surface area contributed by atoms with E-state index >= 15 is 0 Å². The molecule has 1 aromatic rings. The number of nitrogens with two attached hydrogens (primary N) is 1. The number of nitrogens with zero attached hydrogens (tertiary/aromatic N) is 2. The number of anilines is 2. The number of nitrogens with one attached hydrogen (secondary N) is 1. The van der Waals surface area contributed by atoms with Crippen molar-refractivity contribution in [3.05, 3.63) is 23.2 Å². The van der Waals surface area contributed by atoms with Crippen molar-refractivity contribution >= 4 is 28.9 Å². The van der Waals surface area contributed by atoms with Crippen LogP contribution >= 0.6 is 11.6 Å². The second kappa shape index (κ2) is 7.73. The normalized spacial score (nSPS) is 11.9. The largest absolute Gasteiger partial charge is 0.397 e. The molecule has 0 fully saturated rings. The molecule has 1 unspecified atom stereocenters. The van der Waals surface area contributed by atoms with Crippen LogP contribution in [0.2, 0.25) is 5.02 Å². The van der Waals surface area contributed by atoms with Gasteiger partial charge in [0, 0.05) is 24.5 Å². The van der Waals surface area contributed by atoms with Gasteiger partial charge in [0.25, 0.3) is 0 Å². The monoisotopic (exact) mass is 294 g/mol. The highest BCUT2D eigenvalue weighted by atomic mass is 35.5. The Labute approximate surface area is 124 Å². The molecule has 0 aliphatic rings. The first-order chi connectivity index (χ1) is 9.42. The van der Waals surface area contributed by atoms with E-state index in [1.54, 1.807) is 18.2 Å². The van der Waals surface area contributed by atoms with Gasteiger partial charge in [-0.05, 0) is 32.2 Å². The van der Waals surface area contributed by atoms with Crippen molar-refractivity contribution in [2.45, 2.75) is 13.3 Å². The van der Waals surface area contributed by atoms with Gasteiger partial charge in [-0.1, -0.05) is 11.6 Å². The Morgan fingerprint density at radius 3 is 2.90 bits per heavy atom. The zero-order valence-electron chi connectivity index (χ0n) is 11.7. The summed E-state index contributed by atoms with van der Waals surface area (Å²) < 4.78 is 0. The van der Waals surface area contributed by atoms with Crippen LogP contribution in [0.1, 0.15) is 13.3 Å². The van der Waals surface area contributed by atoms with Gasteiger partial charge in [0.15, 0.2) is 0 Å². The third-order valence-corrected chi connectivity index (χ3v) is 3.05. The fraction of sp³-hybridized carbons (Fsp3) is 0.429. The molecule has 0 bridgehead atoms.